The van der Waals surface area contributed by atoms with E-state index in [0.717, 1.165) is 4.88 Å². The molecule has 2 rings (SSSR count). The molecule has 1 heterocycles. The lowest BCUT2D eigenvalue weighted by Crippen LogP contribution is -2.30. The Morgan fingerprint density at radius 2 is 1.78 bits per heavy atom. The third kappa shape index (κ3) is 4.92. The lowest BCUT2D eigenvalue weighted by molar-refractivity contribution is -0.123. The normalized spacial score (nSPS) is 11.2. The molecular formula is C19H19N3O4S. The summed E-state index contributed by atoms with van der Waals surface area (Å²) in [6.45, 7) is 6.41. The molecule has 1 aromatic heterocycles. The Morgan fingerprint density at radius 1 is 1.15 bits per heavy atom. The molecule has 0 radical (unpaired) electrons. The average Bonchev–Trinajstić information content (AvgIpc) is 2.88. The van der Waals surface area contributed by atoms with Gasteiger partial charge in [0.2, 0.25) is 5.91 Å². The van der Waals surface area contributed by atoms with Crippen molar-refractivity contribution in [2.45, 2.75) is 33.8 Å². The minimum atomic E-state index is -1.04. The van der Waals surface area contributed by atoms with Crippen LogP contribution < -0.4 is 10.6 Å². The van der Waals surface area contributed by atoms with E-state index in [1.807, 2.05) is 13.0 Å². The summed E-state index contributed by atoms with van der Waals surface area (Å²) in [5.41, 5.74) is 1.92. The standard InChI is InChI=1S/C19H19N3O4S/c1-10-12(3)27-18(21-13(4)23)16(10)19(25)26-11(2)17(24)22-15-7-5-14(9-20)6-8-15/h5-8,11H,1-4H3,(H,21,23)(H,22,24)/t11-/m1/s1. The van der Waals surface area contributed by atoms with Crippen molar-refractivity contribution in [3.8, 4) is 6.07 Å². The van der Waals surface area contributed by atoms with Gasteiger partial charge in [0.1, 0.15) is 5.00 Å². The van der Waals surface area contributed by atoms with Crippen molar-refractivity contribution in [2.75, 3.05) is 10.6 Å². The van der Waals surface area contributed by atoms with Crippen LogP contribution in [0.1, 0.15) is 40.2 Å². The fourth-order valence-electron chi connectivity index (χ4n) is 2.27. The van der Waals surface area contributed by atoms with E-state index in [4.69, 9.17) is 10.00 Å². The predicted octanol–water partition coefficient (Wildman–Crippen LogP) is 3.38. The van der Waals surface area contributed by atoms with Crippen molar-refractivity contribution >= 4 is 39.8 Å². The SMILES string of the molecule is CC(=O)Nc1sc(C)c(C)c1C(=O)O[C@H](C)C(=O)Nc1ccc(C#N)cc1. The summed E-state index contributed by atoms with van der Waals surface area (Å²) in [5.74, 6) is -1.47. The van der Waals surface area contributed by atoms with Crippen LogP contribution >= 0.6 is 11.3 Å². The number of aryl methyl sites for hydroxylation is 1. The number of hydrogen-bond donors (Lipinski definition) is 2. The van der Waals surface area contributed by atoms with Crippen LogP contribution in [0, 0.1) is 25.2 Å². The molecule has 1 atom stereocenters. The Balaban J connectivity index is 2.09. The van der Waals surface area contributed by atoms with Gasteiger partial charge in [-0.2, -0.15) is 5.26 Å². The molecular weight excluding hydrogens is 366 g/mol. The quantitative estimate of drug-likeness (QED) is 0.767. The van der Waals surface area contributed by atoms with E-state index in [9.17, 15) is 14.4 Å². The van der Waals surface area contributed by atoms with E-state index in [1.165, 1.54) is 25.2 Å². The summed E-state index contributed by atoms with van der Waals surface area (Å²) in [6, 6.07) is 8.31. The van der Waals surface area contributed by atoms with Crippen LogP contribution in [0.3, 0.4) is 0 Å². The first kappa shape index (κ1) is 20.1. The fraction of sp³-hybridized carbons (Fsp3) is 0.263. The first-order chi connectivity index (χ1) is 12.7. The molecule has 0 aliphatic rings. The second kappa shape index (κ2) is 8.47. The first-order valence-electron chi connectivity index (χ1n) is 8.12. The Labute approximate surface area is 161 Å². The van der Waals surface area contributed by atoms with Gasteiger partial charge in [0.25, 0.3) is 5.91 Å². The number of carbonyl (C=O) groups excluding carboxylic acids is 3. The number of nitrogens with zero attached hydrogens (tertiary/aromatic N) is 1. The number of nitrogens with one attached hydrogen (secondary N) is 2. The van der Waals surface area contributed by atoms with Gasteiger partial charge in [-0.25, -0.2) is 4.79 Å². The number of benzene rings is 1. The molecule has 0 fully saturated rings. The van der Waals surface area contributed by atoms with Crippen molar-refractivity contribution in [1.82, 2.24) is 0 Å². The highest BCUT2D eigenvalue weighted by Gasteiger charge is 2.25. The van der Waals surface area contributed by atoms with Crippen LogP contribution in [0.15, 0.2) is 24.3 Å². The van der Waals surface area contributed by atoms with Crippen molar-refractivity contribution < 1.29 is 19.1 Å². The van der Waals surface area contributed by atoms with E-state index in [0.29, 0.717) is 21.8 Å². The topological polar surface area (TPSA) is 108 Å². The van der Waals surface area contributed by atoms with Crippen molar-refractivity contribution in [2.24, 2.45) is 0 Å². The van der Waals surface area contributed by atoms with E-state index in [2.05, 4.69) is 10.6 Å². The lowest BCUT2D eigenvalue weighted by Gasteiger charge is -2.14. The number of carbonyl (C=O) groups is 3. The maximum atomic E-state index is 12.5. The molecule has 27 heavy (non-hydrogen) atoms. The van der Waals surface area contributed by atoms with Crippen molar-refractivity contribution in [3.05, 3.63) is 45.8 Å². The van der Waals surface area contributed by atoms with Crippen LogP contribution in [0.5, 0.6) is 0 Å². The summed E-state index contributed by atoms with van der Waals surface area (Å²) in [5, 5.41) is 14.4. The number of nitriles is 1. The third-order valence-corrected chi connectivity index (χ3v) is 4.94. The molecule has 0 saturated heterocycles. The second-order valence-corrected chi connectivity index (χ2v) is 7.12. The van der Waals surface area contributed by atoms with Gasteiger partial charge in [-0.15, -0.1) is 11.3 Å². The Kier molecular flexibility index (Phi) is 6.32. The molecule has 2 amide bonds. The summed E-state index contributed by atoms with van der Waals surface area (Å²) < 4.78 is 5.28. The molecule has 0 spiro atoms. The summed E-state index contributed by atoms with van der Waals surface area (Å²) in [7, 11) is 0. The molecule has 2 aromatic rings. The van der Waals surface area contributed by atoms with Crippen molar-refractivity contribution in [3.63, 3.8) is 0 Å². The summed E-state index contributed by atoms with van der Waals surface area (Å²) >= 11 is 1.28. The van der Waals surface area contributed by atoms with E-state index < -0.39 is 18.0 Å². The molecule has 0 aliphatic heterocycles. The molecule has 2 N–H and O–H groups in total. The van der Waals surface area contributed by atoms with Gasteiger partial charge in [0, 0.05) is 17.5 Å². The zero-order valence-electron chi connectivity index (χ0n) is 15.4. The Bertz CT molecular complexity index is 926. The smallest absolute Gasteiger partial charge is 0.342 e. The van der Waals surface area contributed by atoms with E-state index in [-0.39, 0.29) is 11.5 Å². The molecule has 0 saturated carbocycles. The van der Waals surface area contributed by atoms with E-state index >= 15 is 0 Å². The minimum absolute atomic E-state index is 0.255. The number of hydrogen-bond acceptors (Lipinski definition) is 6. The van der Waals surface area contributed by atoms with Gasteiger partial charge >= 0.3 is 5.97 Å². The maximum Gasteiger partial charge on any atom is 0.342 e. The van der Waals surface area contributed by atoms with E-state index in [1.54, 1.807) is 31.2 Å². The summed E-state index contributed by atoms with van der Waals surface area (Å²) in [4.78, 5) is 37.0. The zero-order chi connectivity index (χ0) is 20.1. The Morgan fingerprint density at radius 3 is 2.33 bits per heavy atom. The average molecular weight is 385 g/mol. The Hall–Kier alpha value is -3.18. The van der Waals surface area contributed by atoms with Gasteiger partial charge in [0.15, 0.2) is 6.10 Å². The maximum absolute atomic E-state index is 12.5. The molecule has 1 aromatic carbocycles. The lowest BCUT2D eigenvalue weighted by atomic mass is 10.1. The molecule has 0 bridgehead atoms. The molecule has 7 nitrogen and oxygen atoms in total. The molecule has 0 unspecified atom stereocenters. The predicted molar refractivity (Wildman–Crippen MR) is 103 cm³/mol. The highest BCUT2D eigenvalue weighted by molar-refractivity contribution is 7.16. The van der Waals surface area contributed by atoms with Crippen LogP contribution in [-0.4, -0.2) is 23.9 Å². The van der Waals surface area contributed by atoms with Gasteiger partial charge in [-0.1, -0.05) is 0 Å². The number of anilines is 2. The van der Waals surface area contributed by atoms with Crippen LogP contribution in [-0.2, 0) is 14.3 Å². The third-order valence-electron chi connectivity index (χ3n) is 3.81. The van der Waals surface area contributed by atoms with Crippen molar-refractivity contribution in [1.29, 1.82) is 5.26 Å². The van der Waals surface area contributed by atoms with Crippen LogP contribution in [0.2, 0.25) is 0 Å². The number of thiophene rings is 1. The molecule has 140 valence electrons. The summed E-state index contributed by atoms with van der Waals surface area (Å²) in [6.07, 6.45) is -1.04. The monoisotopic (exact) mass is 385 g/mol. The number of rotatable bonds is 5. The van der Waals surface area contributed by atoms with Gasteiger partial charge in [0.05, 0.1) is 17.2 Å². The largest absolute Gasteiger partial charge is 0.449 e. The number of amides is 2. The highest BCUT2D eigenvalue weighted by atomic mass is 32.1. The van der Waals surface area contributed by atoms with Gasteiger partial charge < -0.3 is 15.4 Å². The fourth-order valence-corrected chi connectivity index (χ4v) is 3.36. The van der Waals surface area contributed by atoms with Crippen LogP contribution in [0.25, 0.3) is 0 Å². The van der Waals surface area contributed by atoms with Gasteiger partial charge in [-0.3, -0.25) is 9.59 Å². The highest BCUT2D eigenvalue weighted by Crippen LogP contribution is 2.33. The zero-order valence-corrected chi connectivity index (χ0v) is 16.2. The van der Waals surface area contributed by atoms with Gasteiger partial charge in [-0.05, 0) is 50.6 Å². The number of ether oxygens (including phenoxy) is 1. The second-order valence-electron chi connectivity index (χ2n) is 5.89. The van der Waals surface area contributed by atoms with Crippen LogP contribution in [0.4, 0.5) is 10.7 Å². The first-order valence-corrected chi connectivity index (χ1v) is 8.94. The number of esters is 1. The molecule has 0 aliphatic carbocycles. The molecule has 8 heteroatoms. The minimum Gasteiger partial charge on any atom is -0.449 e.